The molecule has 1 saturated carbocycles. The Bertz CT molecular complexity index is 618. The van der Waals surface area contributed by atoms with E-state index in [2.05, 4.69) is 12.2 Å². The summed E-state index contributed by atoms with van der Waals surface area (Å²) < 4.78 is 24.3. The summed E-state index contributed by atoms with van der Waals surface area (Å²) in [6.07, 6.45) is 4.72. The standard InChI is InChI=1S/C13H19ClN2O3S/c1-3-13(5-6-13)9-15-12(17)11-7-10(20(14,18)19)8-16(11)4-2/h7-8H,3-6,9H2,1-2H3,(H,15,17). The Labute approximate surface area is 123 Å². The Hall–Kier alpha value is -1.01. The summed E-state index contributed by atoms with van der Waals surface area (Å²) in [7, 11) is 1.50. The van der Waals surface area contributed by atoms with E-state index < -0.39 is 9.05 Å². The van der Waals surface area contributed by atoms with Crippen LogP contribution in [0.2, 0.25) is 0 Å². The Morgan fingerprint density at radius 2 is 2.10 bits per heavy atom. The minimum atomic E-state index is -3.81. The molecule has 0 aliphatic heterocycles. The lowest BCUT2D eigenvalue weighted by Gasteiger charge is -2.14. The predicted molar refractivity (Wildman–Crippen MR) is 77.4 cm³/mol. The van der Waals surface area contributed by atoms with Gasteiger partial charge >= 0.3 is 0 Å². The smallest absolute Gasteiger partial charge is 0.267 e. The monoisotopic (exact) mass is 318 g/mol. The Morgan fingerprint density at radius 3 is 2.55 bits per heavy atom. The lowest BCUT2D eigenvalue weighted by atomic mass is 10.0. The molecule has 1 amide bonds. The van der Waals surface area contributed by atoms with Crippen LogP contribution in [0.25, 0.3) is 0 Å². The maximum atomic E-state index is 12.2. The fourth-order valence-corrected chi connectivity index (χ4v) is 3.02. The molecule has 20 heavy (non-hydrogen) atoms. The largest absolute Gasteiger partial charge is 0.350 e. The number of carbonyl (C=O) groups excluding carboxylic acids is 1. The number of aromatic nitrogens is 1. The molecule has 112 valence electrons. The molecule has 5 nitrogen and oxygen atoms in total. The topological polar surface area (TPSA) is 68.2 Å². The van der Waals surface area contributed by atoms with Crippen LogP contribution in [0.15, 0.2) is 17.2 Å². The average Bonchev–Trinajstić information content (AvgIpc) is 3.03. The molecule has 2 rings (SSSR count). The lowest BCUT2D eigenvalue weighted by molar-refractivity contribution is 0.0935. The Balaban J connectivity index is 2.15. The number of hydrogen-bond donors (Lipinski definition) is 1. The number of carbonyl (C=O) groups is 1. The summed E-state index contributed by atoms with van der Waals surface area (Å²) in [5.41, 5.74) is 0.583. The minimum absolute atomic E-state index is 0.0391. The van der Waals surface area contributed by atoms with Gasteiger partial charge < -0.3 is 9.88 Å². The van der Waals surface area contributed by atoms with E-state index in [0.29, 0.717) is 18.8 Å². The van der Waals surface area contributed by atoms with Crippen molar-refractivity contribution in [2.45, 2.75) is 44.6 Å². The molecule has 1 N–H and O–H groups in total. The summed E-state index contributed by atoms with van der Waals surface area (Å²) in [5, 5.41) is 2.89. The van der Waals surface area contributed by atoms with Gasteiger partial charge in [0.2, 0.25) is 0 Å². The first kappa shape index (κ1) is 15.4. The highest BCUT2D eigenvalue weighted by Crippen LogP contribution is 2.47. The predicted octanol–water partition coefficient (Wildman–Crippen LogP) is 2.36. The van der Waals surface area contributed by atoms with Gasteiger partial charge in [-0.2, -0.15) is 0 Å². The first-order valence-electron chi connectivity index (χ1n) is 6.74. The first-order valence-corrected chi connectivity index (χ1v) is 9.05. The van der Waals surface area contributed by atoms with Gasteiger partial charge in [0, 0.05) is 30.0 Å². The van der Waals surface area contributed by atoms with Gasteiger partial charge in [-0.1, -0.05) is 6.92 Å². The van der Waals surface area contributed by atoms with Gasteiger partial charge in [-0.15, -0.1) is 0 Å². The third-order valence-electron chi connectivity index (χ3n) is 4.06. The van der Waals surface area contributed by atoms with E-state index in [9.17, 15) is 13.2 Å². The van der Waals surface area contributed by atoms with E-state index in [-0.39, 0.29) is 16.2 Å². The fraction of sp³-hybridized carbons (Fsp3) is 0.615. The minimum Gasteiger partial charge on any atom is -0.350 e. The zero-order valence-corrected chi connectivity index (χ0v) is 13.2. The maximum Gasteiger partial charge on any atom is 0.267 e. The van der Waals surface area contributed by atoms with E-state index in [4.69, 9.17) is 10.7 Å². The molecule has 0 bridgehead atoms. The number of nitrogens with zero attached hydrogens (tertiary/aromatic N) is 1. The van der Waals surface area contributed by atoms with Crippen LogP contribution in [0.3, 0.4) is 0 Å². The van der Waals surface area contributed by atoms with Crippen molar-refractivity contribution in [1.82, 2.24) is 9.88 Å². The molecule has 0 radical (unpaired) electrons. The van der Waals surface area contributed by atoms with Crippen molar-refractivity contribution in [3.8, 4) is 0 Å². The zero-order chi connectivity index (χ0) is 15.0. The third kappa shape index (κ3) is 3.17. The van der Waals surface area contributed by atoms with Gasteiger partial charge in [0.15, 0.2) is 0 Å². The molecule has 7 heteroatoms. The molecule has 0 unspecified atom stereocenters. The van der Waals surface area contributed by atoms with Crippen LogP contribution < -0.4 is 5.32 Å². The van der Waals surface area contributed by atoms with Crippen LogP contribution in [-0.4, -0.2) is 25.4 Å². The molecule has 1 fully saturated rings. The van der Waals surface area contributed by atoms with Gasteiger partial charge in [0.1, 0.15) is 10.6 Å². The highest BCUT2D eigenvalue weighted by molar-refractivity contribution is 8.13. The fourth-order valence-electron chi connectivity index (χ4n) is 2.26. The molecule has 0 aromatic carbocycles. The number of aryl methyl sites for hydroxylation is 1. The van der Waals surface area contributed by atoms with Gasteiger partial charge in [0.25, 0.3) is 15.0 Å². The molecule has 1 aromatic heterocycles. The molecule has 1 aromatic rings. The SMILES string of the molecule is CCn1cc(S(=O)(=O)Cl)cc1C(=O)NCC1(CC)CC1. The molecule has 1 aliphatic rings. The number of amides is 1. The van der Waals surface area contributed by atoms with Crippen molar-refractivity contribution in [2.75, 3.05) is 6.54 Å². The normalized spacial score (nSPS) is 16.9. The molecule has 0 saturated heterocycles. The zero-order valence-electron chi connectivity index (χ0n) is 11.6. The van der Waals surface area contributed by atoms with Crippen molar-refractivity contribution in [1.29, 1.82) is 0 Å². The first-order chi connectivity index (χ1) is 9.31. The quantitative estimate of drug-likeness (QED) is 0.819. The van der Waals surface area contributed by atoms with Crippen LogP contribution in [-0.2, 0) is 15.6 Å². The van der Waals surface area contributed by atoms with Gasteiger partial charge in [-0.25, -0.2) is 8.42 Å². The maximum absolute atomic E-state index is 12.2. The number of rotatable bonds is 6. The summed E-state index contributed by atoms with van der Waals surface area (Å²) in [6, 6.07) is 1.33. The van der Waals surface area contributed by atoms with Crippen LogP contribution in [0.4, 0.5) is 0 Å². The average molecular weight is 319 g/mol. The van der Waals surface area contributed by atoms with Crippen molar-refractivity contribution in [3.63, 3.8) is 0 Å². The highest BCUT2D eigenvalue weighted by Gasteiger charge is 2.40. The molecular formula is C13H19ClN2O3S. The van der Waals surface area contributed by atoms with E-state index in [0.717, 1.165) is 19.3 Å². The second kappa shape index (κ2) is 5.41. The van der Waals surface area contributed by atoms with Gasteiger partial charge in [0.05, 0.1) is 0 Å². The molecule has 1 heterocycles. The molecular weight excluding hydrogens is 300 g/mol. The molecule has 0 spiro atoms. The van der Waals surface area contributed by atoms with Crippen molar-refractivity contribution < 1.29 is 13.2 Å². The summed E-state index contributed by atoms with van der Waals surface area (Å²) in [4.78, 5) is 12.1. The molecule has 0 atom stereocenters. The summed E-state index contributed by atoms with van der Waals surface area (Å²) in [6.45, 7) is 5.11. The number of hydrogen-bond acceptors (Lipinski definition) is 3. The Morgan fingerprint density at radius 1 is 1.45 bits per heavy atom. The van der Waals surface area contributed by atoms with E-state index in [1.807, 2.05) is 6.92 Å². The van der Waals surface area contributed by atoms with Crippen LogP contribution in [0, 0.1) is 5.41 Å². The van der Waals surface area contributed by atoms with E-state index in [1.165, 1.54) is 12.3 Å². The third-order valence-corrected chi connectivity index (χ3v) is 5.38. The lowest BCUT2D eigenvalue weighted by Crippen LogP contribution is -2.31. The van der Waals surface area contributed by atoms with Crippen molar-refractivity contribution in [3.05, 3.63) is 18.0 Å². The van der Waals surface area contributed by atoms with Crippen LogP contribution >= 0.6 is 10.7 Å². The second-order valence-corrected chi connectivity index (χ2v) is 7.89. The number of nitrogens with one attached hydrogen (secondary N) is 1. The second-order valence-electron chi connectivity index (χ2n) is 5.32. The van der Waals surface area contributed by atoms with E-state index >= 15 is 0 Å². The number of halogens is 1. The summed E-state index contributed by atoms with van der Waals surface area (Å²) in [5.74, 6) is -0.252. The van der Waals surface area contributed by atoms with Crippen LogP contribution in [0.1, 0.15) is 43.6 Å². The Kier molecular flexibility index (Phi) is 4.16. The van der Waals surface area contributed by atoms with E-state index in [1.54, 1.807) is 4.57 Å². The van der Waals surface area contributed by atoms with Crippen molar-refractivity contribution >= 4 is 25.6 Å². The summed E-state index contributed by atoms with van der Waals surface area (Å²) >= 11 is 0. The highest BCUT2D eigenvalue weighted by atomic mass is 35.7. The van der Waals surface area contributed by atoms with Gasteiger partial charge in [-0.3, -0.25) is 4.79 Å². The van der Waals surface area contributed by atoms with Crippen molar-refractivity contribution in [2.24, 2.45) is 5.41 Å². The van der Waals surface area contributed by atoms with Gasteiger partial charge in [-0.05, 0) is 37.7 Å². The van der Waals surface area contributed by atoms with Crippen LogP contribution in [0.5, 0.6) is 0 Å². The molecule has 1 aliphatic carbocycles.